The number of carbonyl (C=O) groups is 1. The average Bonchev–Trinajstić information content (AvgIpc) is 2.57. The van der Waals surface area contributed by atoms with Gasteiger partial charge in [-0.05, 0) is 67.0 Å². The van der Waals surface area contributed by atoms with Gasteiger partial charge < -0.3 is 4.90 Å². The number of pyridine rings is 1. The molecule has 4 fully saturated rings. The molecule has 1 aromatic heterocycles. The summed E-state index contributed by atoms with van der Waals surface area (Å²) in [6, 6.07) is 9.12. The van der Waals surface area contributed by atoms with Gasteiger partial charge in [-0.25, -0.2) is 4.39 Å². The first-order chi connectivity index (χ1) is 12.5. The summed E-state index contributed by atoms with van der Waals surface area (Å²) in [6.07, 6.45) is 8.25. The largest absolute Gasteiger partial charge is 0.337 e. The van der Waals surface area contributed by atoms with Gasteiger partial charge in [-0.3, -0.25) is 9.78 Å². The zero-order chi connectivity index (χ0) is 17.9. The Bertz CT molecular complexity index is 865. The van der Waals surface area contributed by atoms with Crippen LogP contribution in [0, 0.1) is 5.82 Å². The van der Waals surface area contributed by atoms with E-state index >= 15 is 0 Å². The van der Waals surface area contributed by atoms with Crippen LogP contribution in [0.2, 0.25) is 5.02 Å². The van der Waals surface area contributed by atoms with E-state index in [1.165, 1.54) is 11.6 Å². The smallest absolute Gasteiger partial charge is 0.223 e. The summed E-state index contributed by atoms with van der Waals surface area (Å²) in [5.41, 5.74) is 2.56. The number of hydrogen-bond acceptors (Lipinski definition) is 2. The quantitative estimate of drug-likeness (QED) is 0.799. The standard InChI is InChI=1S/C21H20ClFN2O/c22-17-2-1-14(9-18(17)23)15-5-8-25(19(26)10-15)21-11-20(12-21,13-21)16-3-6-24-7-4-16/h1-4,6-7,9,15H,5,8,10-13H2. The monoisotopic (exact) mass is 370 g/mol. The van der Waals surface area contributed by atoms with Gasteiger partial charge in [0.15, 0.2) is 0 Å². The Hall–Kier alpha value is -1.94. The molecule has 1 atom stereocenters. The number of halogens is 2. The van der Waals surface area contributed by atoms with E-state index in [1.54, 1.807) is 6.07 Å². The fourth-order valence-electron chi connectivity index (χ4n) is 5.42. The number of piperidine rings is 1. The molecule has 2 heterocycles. The SMILES string of the molecule is O=C1CC(c2ccc(Cl)c(F)c2)CCN1C12CC(c3ccncc3)(C1)C2. The lowest BCUT2D eigenvalue weighted by molar-refractivity contribution is -0.189. The molecule has 1 aliphatic heterocycles. The van der Waals surface area contributed by atoms with E-state index < -0.39 is 5.82 Å². The fraction of sp³-hybridized carbons (Fsp3) is 0.429. The molecule has 0 N–H and O–H groups in total. The van der Waals surface area contributed by atoms with Crippen molar-refractivity contribution in [2.75, 3.05) is 6.54 Å². The van der Waals surface area contributed by atoms with Crippen LogP contribution in [0.4, 0.5) is 4.39 Å². The van der Waals surface area contributed by atoms with Crippen molar-refractivity contribution in [3.8, 4) is 0 Å². The summed E-state index contributed by atoms with van der Waals surface area (Å²) in [7, 11) is 0. The average molecular weight is 371 g/mol. The van der Waals surface area contributed by atoms with Crippen LogP contribution >= 0.6 is 11.6 Å². The molecule has 1 unspecified atom stereocenters. The lowest BCUT2D eigenvalue weighted by Crippen LogP contribution is -2.78. The molecule has 3 nitrogen and oxygen atoms in total. The van der Waals surface area contributed by atoms with E-state index in [9.17, 15) is 9.18 Å². The zero-order valence-corrected chi connectivity index (χ0v) is 15.2. The first-order valence-electron chi connectivity index (χ1n) is 9.17. The van der Waals surface area contributed by atoms with Crippen molar-refractivity contribution in [2.45, 2.75) is 49.0 Å². The van der Waals surface area contributed by atoms with Gasteiger partial charge in [0.1, 0.15) is 5.82 Å². The van der Waals surface area contributed by atoms with E-state index in [-0.39, 0.29) is 27.8 Å². The summed E-state index contributed by atoms with van der Waals surface area (Å²) in [6.45, 7) is 0.764. The van der Waals surface area contributed by atoms with Crippen molar-refractivity contribution in [3.05, 3.63) is 64.7 Å². The van der Waals surface area contributed by atoms with Crippen LogP contribution < -0.4 is 0 Å². The molecule has 5 heteroatoms. The van der Waals surface area contributed by atoms with E-state index in [1.807, 2.05) is 18.5 Å². The van der Waals surface area contributed by atoms with E-state index in [0.717, 1.165) is 37.8 Å². The first-order valence-corrected chi connectivity index (χ1v) is 9.55. The number of amides is 1. The summed E-state index contributed by atoms with van der Waals surface area (Å²) in [5, 5.41) is 0.132. The maximum absolute atomic E-state index is 13.7. The number of rotatable bonds is 3. The van der Waals surface area contributed by atoms with Gasteiger partial charge in [-0.15, -0.1) is 0 Å². The van der Waals surface area contributed by atoms with Gasteiger partial charge >= 0.3 is 0 Å². The molecule has 3 saturated carbocycles. The lowest BCUT2D eigenvalue weighted by atomic mass is 9.37. The van der Waals surface area contributed by atoms with Gasteiger partial charge in [0.05, 0.1) is 5.02 Å². The third-order valence-corrected chi connectivity index (χ3v) is 7.01. The highest BCUT2D eigenvalue weighted by atomic mass is 35.5. The Labute approximate surface area is 157 Å². The number of benzene rings is 1. The number of aromatic nitrogens is 1. The number of carbonyl (C=O) groups excluding carboxylic acids is 1. The van der Waals surface area contributed by atoms with Crippen molar-refractivity contribution in [3.63, 3.8) is 0 Å². The van der Waals surface area contributed by atoms with Crippen LogP contribution in [0.25, 0.3) is 0 Å². The number of nitrogens with zero attached hydrogens (tertiary/aromatic N) is 2. The second kappa shape index (κ2) is 5.53. The van der Waals surface area contributed by atoms with Gasteiger partial charge in [-0.1, -0.05) is 17.7 Å². The molecule has 3 aliphatic carbocycles. The Morgan fingerprint density at radius 2 is 1.88 bits per heavy atom. The Morgan fingerprint density at radius 1 is 1.15 bits per heavy atom. The highest BCUT2D eigenvalue weighted by Gasteiger charge is 2.71. The van der Waals surface area contributed by atoms with Crippen LogP contribution in [0.5, 0.6) is 0 Å². The Morgan fingerprint density at radius 3 is 2.54 bits per heavy atom. The number of hydrogen-bond donors (Lipinski definition) is 0. The summed E-state index contributed by atoms with van der Waals surface area (Å²) < 4.78 is 13.7. The topological polar surface area (TPSA) is 33.2 Å². The highest BCUT2D eigenvalue weighted by molar-refractivity contribution is 6.30. The molecule has 1 saturated heterocycles. The molecule has 2 aromatic rings. The molecule has 2 bridgehead atoms. The molecule has 4 aliphatic rings. The maximum atomic E-state index is 13.7. The minimum Gasteiger partial charge on any atom is -0.337 e. The third kappa shape index (κ3) is 2.24. The molecule has 0 spiro atoms. The molecule has 6 rings (SSSR count). The third-order valence-electron chi connectivity index (χ3n) is 6.71. The van der Waals surface area contributed by atoms with Crippen molar-refractivity contribution < 1.29 is 9.18 Å². The first kappa shape index (κ1) is 16.2. The van der Waals surface area contributed by atoms with Gasteiger partial charge in [0.25, 0.3) is 0 Å². The fourth-order valence-corrected chi connectivity index (χ4v) is 5.54. The summed E-state index contributed by atoms with van der Waals surface area (Å²) in [4.78, 5) is 19.0. The van der Waals surface area contributed by atoms with E-state index in [2.05, 4.69) is 22.0 Å². The van der Waals surface area contributed by atoms with Crippen molar-refractivity contribution in [2.24, 2.45) is 0 Å². The molecular formula is C21H20ClFN2O. The maximum Gasteiger partial charge on any atom is 0.223 e. The molecule has 1 amide bonds. The van der Waals surface area contributed by atoms with Crippen molar-refractivity contribution in [1.82, 2.24) is 9.88 Å². The van der Waals surface area contributed by atoms with E-state index in [4.69, 9.17) is 11.6 Å². The molecular weight excluding hydrogens is 351 g/mol. The normalized spacial score (nSPS) is 32.8. The van der Waals surface area contributed by atoms with Crippen LogP contribution in [0.1, 0.15) is 49.1 Å². The second-order valence-electron chi connectivity index (χ2n) is 8.18. The molecule has 134 valence electrons. The van der Waals surface area contributed by atoms with Crippen molar-refractivity contribution in [1.29, 1.82) is 0 Å². The summed E-state index contributed by atoms with van der Waals surface area (Å²) >= 11 is 5.77. The predicted octanol–water partition coefficient (Wildman–Crippen LogP) is 4.45. The minimum absolute atomic E-state index is 0.0660. The zero-order valence-electron chi connectivity index (χ0n) is 14.4. The summed E-state index contributed by atoms with van der Waals surface area (Å²) in [5.74, 6) is -0.107. The van der Waals surface area contributed by atoms with Gasteiger partial charge in [-0.2, -0.15) is 0 Å². The molecule has 26 heavy (non-hydrogen) atoms. The van der Waals surface area contributed by atoms with Crippen LogP contribution in [0.15, 0.2) is 42.7 Å². The van der Waals surface area contributed by atoms with E-state index in [0.29, 0.717) is 6.42 Å². The Kier molecular flexibility index (Phi) is 3.45. The lowest BCUT2D eigenvalue weighted by Gasteiger charge is -2.74. The van der Waals surface area contributed by atoms with Gasteiger partial charge in [0.2, 0.25) is 5.91 Å². The predicted molar refractivity (Wildman–Crippen MR) is 97.6 cm³/mol. The van der Waals surface area contributed by atoms with Crippen molar-refractivity contribution >= 4 is 17.5 Å². The molecule has 1 aromatic carbocycles. The number of likely N-dealkylation sites (tertiary alicyclic amines) is 1. The van der Waals surface area contributed by atoms with Crippen LogP contribution in [-0.2, 0) is 10.2 Å². The van der Waals surface area contributed by atoms with Gasteiger partial charge in [0, 0.05) is 36.3 Å². The second-order valence-corrected chi connectivity index (χ2v) is 8.59. The minimum atomic E-state index is -0.405. The molecule has 0 radical (unpaired) electrons. The Balaban J connectivity index is 1.27. The highest BCUT2D eigenvalue weighted by Crippen LogP contribution is 2.70. The van der Waals surface area contributed by atoms with Crippen LogP contribution in [-0.4, -0.2) is 27.9 Å². The van der Waals surface area contributed by atoms with Crippen LogP contribution in [0.3, 0.4) is 0 Å².